The summed E-state index contributed by atoms with van der Waals surface area (Å²) in [5, 5.41) is 0. The van der Waals surface area contributed by atoms with Crippen molar-refractivity contribution in [1.29, 1.82) is 0 Å². The molecule has 0 aromatic heterocycles. The lowest BCUT2D eigenvalue weighted by molar-refractivity contribution is 0.303. The van der Waals surface area contributed by atoms with E-state index in [0.29, 0.717) is 6.42 Å². The molecule has 1 nitrogen and oxygen atoms in total. The van der Waals surface area contributed by atoms with Gasteiger partial charge < -0.3 is 5.73 Å². The molecule has 0 heterocycles. The molecule has 0 unspecified atom stereocenters. The monoisotopic (exact) mass is 193 g/mol. The number of hydrogen-bond acceptors (Lipinski definition) is 1. The highest BCUT2D eigenvalue weighted by molar-refractivity contribution is 5.45. The first-order chi connectivity index (χ1) is 6.45. The summed E-state index contributed by atoms with van der Waals surface area (Å²) in [5.74, 6) is 0. The lowest BCUT2D eigenvalue weighted by Crippen LogP contribution is -2.16. The molecular formula is C12H16FN. The fourth-order valence-corrected chi connectivity index (χ4v) is 2.38. The zero-order valence-corrected chi connectivity index (χ0v) is 8.89. The van der Waals surface area contributed by atoms with Crippen LogP contribution >= 0.6 is 0 Å². The van der Waals surface area contributed by atoms with Gasteiger partial charge in [0, 0.05) is 12.5 Å². The molecule has 1 aromatic rings. The van der Waals surface area contributed by atoms with E-state index in [2.05, 4.69) is 0 Å². The van der Waals surface area contributed by atoms with Crippen LogP contribution in [0, 0.1) is 20.8 Å². The SMILES string of the molecule is Cc1cc(C)c([C@]2(F)C[C@H]2N)c(C)c1. The van der Waals surface area contributed by atoms with Gasteiger partial charge in [-0.05, 0) is 37.5 Å². The molecule has 76 valence electrons. The number of benzene rings is 1. The van der Waals surface area contributed by atoms with Gasteiger partial charge in [0.1, 0.15) is 0 Å². The summed E-state index contributed by atoms with van der Waals surface area (Å²) in [6.07, 6.45) is 0.470. The lowest BCUT2D eigenvalue weighted by Gasteiger charge is -2.15. The van der Waals surface area contributed by atoms with Crippen LogP contribution in [0.2, 0.25) is 0 Å². The summed E-state index contributed by atoms with van der Waals surface area (Å²) < 4.78 is 14.2. The van der Waals surface area contributed by atoms with Gasteiger partial charge in [0.25, 0.3) is 0 Å². The first-order valence-electron chi connectivity index (χ1n) is 4.98. The molecule has 0 saturated heterocycles. The Labute approximate surface area is 84.1 Å². The molecule has 1 aromatic carbocycles. The predicted molar refractivity (Wildman–Crippen MR) is 56.0 cm³/mol. The van der Waals surface area contributed by atoms with Crippen LogP contribution < -0.4 is 5.73 Å². The average Bonchev–Trinajstić information content (AvgIpc) is 2.56. The minimum atomic E-state index is -1.25. The second-order valence-electron chi connectivity index (χ2n) is 4.45. The van der Waals surface area contributed by atoms with Gasteiger partial charge >= 0.3 is 0 Å². The number of alkyl halides is 1. The van der Waals surface area contributed by atoms with E-state index in [4.69, 9.17) is 5.73 Å². The Morgan fingerprint density at radius 1 is 1.29 bits per heavy atom. The van der Waals surface area contributed by atoms with Crippen molar-refractivity contribution in [2.45, 2.75) is 38.9 Å². The van der Waals surface area contributed by atoms with Crippen molar-refractivity contribution in [3.8, 4) is 0 Å². The number of aryl methyl sites for hydroxylation is 3. The van der Waals surface area contributed by atoms with Crippen molar-refractivity contribution in [2.24, 2.45) is 5.73 Å². The molecule has 1 fully saturated rings. The molecule has 1 aliphatic carbocycles. The molecule has 2 heteroatoms. The van der Waals surface area contributed by atoms with E-state index in [1.807, 2.05) is 32.9 Å². The summed E-state index contributed by atoms with van der Waals surface area (Å²) in [7, 11) is 0. The summed E-state index contributed by atoms with van der Waals surface area (Å²) in [6.45, 7) is 5.95. The highest BCUT2D eigenvalue weighted by Gasteiger charge is 2.55. The molecule has 2 N–H and O–H groups in total. The third-order valence-electron chi connectivity index (χ3n) is 3.04. The van der Waals surface area contributed by atoms with E-state index in [9.17, 15) is 4.39 Å². The Hall–Kier alpha value is -0.890. The quantitative estimate of drug-likeness (QED) is 0.728. The van der Waals surface area contributed by atoms with Crippen LogP contribution in [0.4, 0.5) is 4.39 Å². The number of hydrogen-bond donors (Lipinski definition) is 1. The Morgan fingerprint density at radius 3 is 2.07 bits per heavy atom. The first kappa shape index (κ1) is 9.66. The standard InChI is InChI=1S/C12H16FN/c1-7-4-8(2)11(9(3)5-7)12(13)6-10(12)14/h4-5,10H,6,14H2,1-3H3/t10-,12+/m1/s1. The van der Waals surface area contributed by atoms with Crippen LogP contribution in [0.15, 0.2) is 12.1 Å². The molecule has 0 radical (unpaired) electrons. The Kier molecular flexibility index (Phi) is 1.93. The second kappa shape index (κ2) is 2.80. The normalized spacial score (nSPS) is 30.5. The van der Waals surface area contributed by atoms with Crippen molar-refractivity contribution < 1.29 is 4.39 Å². The molecule has 0 aliphatic heterocycles. The van der Waals surface area contributed by atoms with Gasteiger partial charge in [0.15, 0.2) is 5.67 Å². The zero-order valence-electron chi connectivity index (χ0n) is 8.89. The topological polar surface area (TPSA) is 26.0 Å². The molecule has 2 atom stereocenters. The lowest BCUT2D eigenvalue weighted by atomic mass is 9.95. The molecular weight excluding hydrogens is 177 g/mol. The minimum absolute atomic E-state index is 0.303. The van der Waals surface area contributed by atoms with Crippen LogP contribution in [0.5, 0.6) is 0 Å². The van der Waals surface area contributed by atoms with Gasteiger partial charge in [0.05, 0.1) is 0 Å². The fraction of sp³-hybridized carbons (Fsp3) is 0.500. The van der Waals surface area contributed by atoms with Crippen molar-refractivity contribution in [1.82, 2.24) is 0 Å². The maximum atomic E-state index is 14.2. The van der Waals surface area contributed by atoms with Crippen LogP contribution in [-0.2, 0) is 5.67 Å². The van der Waals surface area contributed by atoms with E-state index in [-0.39, 0.29) is 6.04 Å². The maximum Gasteiger partial charge on any atom is 0.153 e. The highest BCUT2D eigenvalue weighted by Crippen LogP contribution is 2.50. The third kappa shape index (κ3) is 1.25. The Morgan fingerprint density at radius 2 is 1.71 bits per heavy atom. The van der Waals surface area contributed by atoms with E-state index >= 15 is 0 Å². The molecule has 14 heavy (non-hydrogen) atoms. The number of halogens is 1. The summed E-state index contributed by atoms with van der Waals surface area (Å²) in [4.78, 5) is 0. The second-order valence-corrected chi connectivity index (χ2v) is 4.45. The van der Waals surface area contributed by atoms with Gasteiger partial charge in [-0.3, -0.25) is 0 Å². The number of nitrogens with two attached hydrogens (primary N) is 1. The summed E-state index contributed by atoms with van der Waals surface area (Å²) in [6, 6.07) is 3.74. The van der Waals surface area contributed by atoms with Crippen molar-refractivity contribution in [3.63, 3.8) is 0 Å². The van der Waals surface area contributed by atoms with Gasteiger partial charge in [0.2, 0.25) is 0 Å². The van der Waals surface area contributed by atoms with Crippen LogP contribution in [0.1, 0.15) is 28.7 Å². The van der Waals surface area contributed by atoms with Gasteiger partial charge in [-0.2, -0.15) is 0 Å². The highest BCUT2D eigenvalue weighted by atomic mass is 19.1. The molecule has 0 spiro atoms. The van der Waals surface area contributed by atoms with E-state index < -0.39 is 5.67 Å². The maximum absolute atomic E-state index is 14.2. The molecule has 0 bridgehead atoms. The van der Waals surface area contributed by atoms with Gasteiger partial charge in [-0.15, -0.1) is 0 Å². The van der Waals surface area contributed by atoms with E-state index in [0.717, 1.165) is 16.7 Å². The largest absolute Gasteiger partial charge is 0.325 e. The van der Waals surface area contributed by atoms with Crippen LogP contribution in [0.3, 0.4) is 0 Å². The van der Waals surface area contributed by atoms with Crippen LogP contribution in [0.25, 0.3) is 0 Å². The van der Waals surface area contributed by atoms with Gasteiger partial charge in [-0.25, -0.2) is 4.39 Å². The molecule has 1 saturated carbocycles. The Balaban J connectivity index is 2.54. The van der Waals surface area contributed by atoms with Crippen molar-refractivity contribution in [3.05, 3.63) is 34.4 Å². The molecule has 1 aliphatic rings. The average molecular weight is 193 g/mol. The first-order valence-corrected chi connectivity index (χ1v) is 4.98. The summed E-state index contributed by atoms with van der Waals surface area (Å²) >= 11 is 0. The van der Waals surface area contributed by atoms with E-state index in [1.165, 1.54) is 5.56 Å². The van der Waals surface area contributed by atoms with E-state index in [1.54, 1.807) is 0 Å². The minimum Gasteiger partial charge on any atom is -0.325 e. The predicted octanol–water partition coefficient (Wildman–Crippen LogP) is 2.51. The zero-order chi connectivity index (χ0) is 10.5. The third-order valence-corrected chi connectivity index (χ3v) is 3.04. The van der Waals surface area contributed by atoms with Crippen molar-refractivity contribution >= 4 is 0 Å². The summed E-state index contributed by atoms with van der Waals surface area (Å²) in [5.41, 5.74) is 8.43. The fourth-order valence-electron chi connectivity index (χ4n) is 2.38. The smallest absolute Gasteiger partial charge is 0.153 e. The van der Waals surface area contributed by atoms with Crippen molar-refractivity contribution in [2.75, 3.05) is 0 Å². The molecule has 2 rings (SSSR count). The van der Waals surface area contributed by atoms with Gasteiger partial charge in [-0.1, -0.05) is 17.7 Å². The Bertz CT molecular complexity index is 363. The number of rotatable bonds is 1. The molecule has 0 amide bonds. The van der Waals surface area contributed by atoms with Crippen LogP contribution in [-0.4, -0.2) is 6.04 Å².